The minimum absolute atomic E-state index is 0.0640. The number of hydrogen-bond acceptors (Lipinski definition) is 3. The van der Waals surface area contributed by atoms with Gasteiger partial charge in [0.25, 0.3) is 0 Å². The molecule has 18 heavy (non-hydrogen) atoms. The molecule has 0 bridgehead atoms. The first-order chi connectivity index (χ1) is 8.50. The summed E-state index contributed by atoms with van der Waals surface area (Å²) >= 11 is 0. The number of benzene rings is 1. The van der Waals surface area contributed by atoms with Gasteiger partial charge in [-0.15, -0.1) is 5.10 Å². The third-order valence-corrected chi connectivity index (χ3v) is 2.99. The van der Waals surface area contributed by atoms with Crippen LogP contribution in [0.25, 0.3) is 0 Å². The van der Waals surface area contributed by atoms with Gasteiger partial charge in [0.1, 0.15) is 5.84 Å². The molecule has 0 saturated carbocycles. The minimum atomic E-state index is -0.0640. The number of nitrogens with two attached hydrogens (primary N) is 3. The molecule has 1 atom stereocenters. The Morgan fingerprint density at radius 3 is 2.67 bits per heavy atom. The minimum Gasteiger partial charge on any atom is -0.384 e. The van der Waals surface area contributed by atoms with Crippen molar-refractivity contribution in [1.29, 1.82) is 5.41 Å². The van der Waals surface area contributed by atoms with Gasteiger partial charge in [0.05, 0.1) is 5.71 Å². The van der Waals surface area contributed by atoms with E-state index in [0.717, 1.165) is 28.8 Å². The molecule has 1 aliphatic carbocycles. The number of nitrogens with zero attached hydrogens (tertiary/aromatic N) is 2. The molecule has 1 aliphatic rings. The Kier molecular flexibility index (Phi) is 3.01. The average Bonchev–Trinajstić information content (AvgIpc) is 2.61. The zero-order valence-corrected chi connectivity index (χ0v) is 10.1. The van der Waals surface area contributed by atoms with E-state index in [4.69, 9.17) is 22.6 Å². The lowest BCUT2D eigenvalue weighted by Crippen LogP contribution is -2.22. The SMILES string of the molecule is CC1Cc2c(C(=N)N)cccc2C1=NN=C(N)N. The van der Waals surface area contributed by atoms with Crippen LogP contribution in [0.5, 0.6) is 0 Å². The molecule has 1 unspecified atom stereocenters. The van der Waals surface area contributed by atoms with Crippen LogP contribution in [0.3, 0.4) is 0 Å². The second kappa shape index (κ2) is 4.48. The van der Waals surface area contributed by atoms with Gasteiger partial charge in [0, 0.05) is 17.0 Å². The van der Waals surface area contributed by atoms with Crippen LogP contribution < -0.4 is 17.2 Å². The Morgan fingerprint density at radius 1 is 1.33 bits per heavy atom. The summed E-state index contributed by atoms with van der Waals surface area (Å²) in [5, 5.41) is 15.4. The first kappa shape index (κ1) is 12.1. The molecule has 1 aromatic carbocycles. The van der Waals surface area contributed by atoms with E-state index in [2.05, 4.69) is 10.2 Å². The Balaban J connectivity index is 2.54. The van der Waals surface area contributed by atoms with Crippen molar-refractivity contribution in [3.05, 3.63) is 34.9 Å². The molecule has 0 heterocycles. The van der Waals surface area contributed by atoms with E-state index in [1.54, 1.807) is 0 Å². The van der Waals surface area contributed by atoms with Gasteiger partial charge in [-0.2, -0.15) is 5.10 Å². The highest BCUT2D eigenvalue weighted by molar-refractivity contribution is 6.09. The van der Waals surface area contributed by atoms with Crippen LogP contribution in [0.1, 0.15) is 23.6 Å². The highest BCUT2D eigenvalue weighted by Crippen LogP contribution is 2.29. The average molecular weight is 244 g/mol. The van der Waals surface area contributed by atoms with Crippen molar-refractivity contribution in [2.75, 3.05) is 0 Å². The monoisotopic (exact) mass is 244 g/mol. The van der Waals surface area contributed by atoms with E-state index >= 15 is 0 Å². The fraction of sp³-hybridized carbons (Fsp3) is 0.250. The summed E-state index contributed by atoms with van der Waals surface area (Å²) in [4.78, 5) is 0. The number of nitrogens with one attached hydrogen (secondary N) is 1. The van der Waals surface area contributed by atoms with Crippen LogP contribution in [0, 0.1) is 11.3 Å². The topological polar surface area (TPSA) is 127 Å². The summed E-state index contributed by atoms with van der Waals surface area (Å²) in [6.45, 7) is 2.05. The fourth-order valence-electron chi connectivity index (χ4n) is 2.23. The lowest BCUT2D eigenvalue weighted by molar-refractivity contribution is 0.795. The maximum absolute atomic E-state index is 7.58. The van der Waals surface area contributed by atoms with Crippen LogP contribution in [0.2, 0.25) is 0 Å². The quantitative estimate of drug-likeness (QED) is 0.335. The standard InChI is InChI=1S/C12H16N6/c1-6-5-9-7(10(6)17-18-12(15)16)3-2-4-8(9)11(13)14/h2-4,6H,5H2,1H3,(H3,13,14)(H4,15,16,18). The molecular formula is C12H16N6. The van der Waals surface area contributed by atoms with Crippen molar-refractivity contribution in [2.24, 2.45) is 33.3 Å². The molecule has 0 radical (unpaired) electrons. The van der Waals surface area contributed by atoms with Crippen molar-refractivity contribution in [3.63, 3.8) is 0 Å². The maximum atomic E-state index is 7.58. The molecule has 0 fully saturated rings. The predicted octanol–water partition coefficient (Wildman–Crippen LogP) is 0.140. The van der Waals surface area contributed by atoms with Gasteiger partial charge in [-0.3, -0.25) is 5.41 Å². The first-order valence-electron chi connectivity index (χ1n) is 5.64. The number of nitrogen functional groups attached to an aromatic ring is 1. The molecule has 0 spiro atoms. The van der Waals surface area contributed by atoms with Gasteiger partial charge in [0.15, 0.2) is 0 Å². The molecule has 6 heteroatoms. The summed E-state index contributed by atoms with van der Waals surface area (Å²) in [5.41, 5.74) is 19.7. The molecule has 1 aromatic rings. The summed E-state index contributed by atoms with van der Waals surface area (Å²) < 4.78 is 0. The van der Waals surface area contributed by atoms with Crippen molar-refractivity contribution in [2.45, 2.75) is 13.3 Å². The Bertz CT molecular complexity index is 554. The van der Waals surface area contributed by atoms with E-state index in [0.29, 0.717) is 0 Å². The van der Waals surface area contributed by atoms with Crippen LogP contribution >= 0.6 is 0 Å². The zero-order chi connectivity index (χ0) is 13.3. The Hall–Kier alpha value is -2.37. The molecule has 0 aromatic heterocycles. The molecule has 0 saturated heterocycles. The Morgan fingerprint density at radius 2 is 2.06 bits per heavy atom. The molecule has 7 N–H and O–H groups in total. The van der Waals surface area contributed by atoms with Crippen molar-refractivity contribution in [3.8, 4) is 0 Å². The molecule has 6 nitrogen and oxygen atoms in total. The lowest BCUT2D eigenvalue weighted by atomic mass is 10.0. The highest BCUT2D eigenvalue weighted by atomic mass is 15.3. The third-order valence-electron chi connectivity index (χ3n) is 2.99. The molecular weight excluding hydrogens is 228 g/mol. The molecule has 2 rings (SSSR count). The van der Waals surface area contributed by atoms with Crippen LogP contribution in [0.15, 0.2) is 28.4 Å². The Labute approximate surface area is 105 Å². The van der Waals surface area contributed by atoms with E-state index in [9.17, 15) is 0 Å². The largest absolute Gasteiger partial charge is 0.384 e. The van der Waals surface area contributed by atoms with Crippen molar-refractivity contribution in [1.82, 2.24) is 0 Å². The van der Waals surface area contributed by atoms with Gasteiger partial charge >= 0.3 is 0 Å². The fourth-order valence-corrected chi connectivity index (χ4v) is 2.23. The number of fused-ring (bicyclic) bond motifs is 1. The van der Waals surface area contributed by atoms with E-state index in [1.165, 1.54) is 0 Å². The lowest BCUT2D eigenvalue weighted by Gasteiger charge is -2.05. The third kappa shape index (κ3) is 2.04. The first-order valence-corrected chi connectivity index (χ1v) is 5.64. The zero-order valence-electron chi connectivity index (χ0n) is 10.1. The van der Waals surface area contributed by atoms with E-state index < -0.39 is 0 Å². The van der Waals surface area contributed by atoms with Crippen LogP contribution in [0.4, 0.5) is 0 Å². The van der Waals surface area contributed by atoms with Crippen molar-refractivity contribution < 1.29 is 0 Å². The molecule has 94 valence electrons. The van der Waals surface area contributed by atoms with Crippen LogP contribution in [-0.2, 0) is 6.42 Å². The number of rotatable bonds is 2. The second-order valence-corrected chi connectivity index (χ2v) is 4.36. The molecule has 0 aliphatic heterocycles. The van der Waals surface area contributed by atoms with Gasteiger partial charge in [-0.25, -0.2) is 0 Å². The summed E-state index contributed by atoms with van der Waals surface area (Å²) in [6.07, 6.45) is 0.796. The summed E-state index contributed by atoms with van der Waals surface area (Å²) in [7, 11) is 0. The van der Waals surface area contributed by atoms with E-state index in [-0.39, 0.29) is 17.7 Å². The summed E-state index contributed by atoms with van der Waals surface area (Å²) in [6, 6.07) is 5.66. The van der Waals surface area contributed by atoms with Gasteiger partial charge in [-0.05, 0) is 12.0 Å². The number of hydrogen-bond donors (Lipinski definition) is 4. The summed E-state index contributed by atoms with van der Waals surface area (Å²) in [5.74, 6) is 0.219. The van der Waals surface area contributed by atoms with Gasteiger partial charge in [0.2, 0.25) is 5.96 Å². The van der Waals surface area contributed by atoms with Gasteiger partial charge < -0.3 is 17.2 Å². The van der Waals surface area contributed by atoms with Crippen molar-refractivity contribution >= 4 is 17.5 Å². The normalized spacial score (nSPS) is 19.6. The van der Waals surface area contributed by atoms with E-state index in [1.807, 2.05) is 25.1 Å². The number of amidine groups is 1. The second-order valence-electron chi connectivity index (χ2n) is 4.36. The predicted molar refractivity (Wildman–Crippen MR) is 72.7 cm³/mol. The number of guanidine groups is 1. The smallest absolute Gasteiger partial charge is 0.211 e. The van der Waals surface area contributed by atoms with Gasteiger partial charge in [-0.1, -0.05) is 25.1 Å². The molecule has 0 amide bonds. The highest BCUT2D eigenvalue weighted by Gasteiger charge is 2.27. The maximum Gasteiger partial charge on any atom is 0.211 e. The van der Waals surface area contributed by atoms with Crippen LogP contribution in [-0.4, -0.2) is 17.5 Å².